The molecule has 0 radical (unpaired) electrons. The Morgan fingerprint density at radius 1 is 1.31 bits per heavy atom. The van der Waals surface area contributed by atoms with Crippen LogP contribution in [-0.2, 0) is 13.0 Å². The van der Waals surface area contributed by atoms with Gasteiger partial charge in [-0.1, -0.05) is 29.8 Å². The number of amides is 1. The molecule has 0 bridgehead atoms. The smallest absolute Gasteiger partial charge is 0.276 e. The van der Waals surface area contributed by atoms with Gasteiger partial charge in [0, 0.05) is 35.5 Å². The van der Waals surface area contributed by atoms with Crippen molar-refractivity contribution in [1.82, 2.24) is 24.5 Å². The molecule has 0 unspecified atom stereocenters. The topological polar surface area (TPSA) is 66.3 Å². The first-order valence-electron chi connectivity index (χ1n) is 8.50. The van der Waals surface area contributed by atoms with Crippen LogP contribution in [0.5, 0.6) is 0 Å². The first-order valence-corrected chi connectivity index (χ1v) is 8.88. The molecule has 7 heteroatoms. The minimum absolute atomic E-state index is 0.164. The molecule has 0 saturated heterocycles. The molecule has 5 rings (SSSR count). The number of nitrogens with zero attached hydrogens (tertiary/aromatic N) is 4. The van der Waals surface area contributed by atoms with Crippen molar-refractivity contribution in [3.05, 3.63) is 64.2 Å². The Hall–Kier alpha value is -2.86. The maximum Gasteiger partial charge on any atom is 0.276 e. The Labute approximate surface area is 154 Å². The molecular weight excluding hydrogens is 350 g/mol. The lowest BCUT2D eigenvalue weighted by Crippen LogP contribution is -2.36. The van der Waals surface area contributed by atoms with Crippen molar-refractivity contribution in [3.63, 3.8) is 0 Å². The number of aryl methyl sites for hydroxylation is 1. The SMILES string of the molecule is Cc1cnc2c(Cl)c(C(=O)N3CCc4c([nH]c5ccccc45)C3)nn2c1. The van der Waals surface area contributed by atoms with Gasteiger partial charge in [-0.15, -0.1) is 0 Å². The molecule has 1 aliphatic heterocycles. The van der Waals surface area contributed by atoms with Gasteiger partial charge in [0.25, 0.3) is 5.91 Å². The number of hydrogen-bond donors (Lipinski definition) is 1. The van der Waals surface area contributed by atoms with Crippen LogP contribution in [0.1, 0.15) is 27.3 Å². The predicted molar refractivity (Wildman–Crippen MR) is 99.5 cm³/mol. The van der Waals surface area contributed by atoms with Gasteiger partial charge in [-0.3, -0.25) is 4.79 Å². The molecule has 1 amide bonds. The van der Waals surface area contributed by atoms with Crippen LogP contribution < -0.4 is 0 Å². The lowest BCUT2D eigenvalue weighted by Gasteiger charge is -2.26. The van der Waals surface area contributed by atoms with Gasteiger partial charge in [-0.05, 0) is 30.5 Å². The number of rotatable bonds is 1. The van der Waals surface area contributed by atoms with Gasteiger partial charge < -0.3 is 9.88 Å². The van der Waals surface area contributed by atoms with Gasteiger partial charge in [0.2, 0.25) is 0 Å². The molecule has 130 valence electrons. The van der Waals surface area contributed by atoms with E-state index >= 15 is 0 Å². The fraction of sp³-hybridized carbons (Fsp3) is 0.211. The highest BCUT2D eigenvalue weighted by atomic mass is 35.5. The Morgan fingerprint density at radius 2 is 2.15 bits per heavy atom. The van der Waals surface area contributed by atoms with Crippen molar-refractivity contribution in [2.45, 2.75) is 19.9 Å². The zero-order valence-corrected chi connectivity index (χ0v) is 14.9. The summed E-state index contributed by atoms with van der Waals surface area (Å²) in [5.41, 5.74) is 5.20. The van der Waals surface area contributed by atoms with Gasteiger partial charge in [-0.2, -0.15) is 5.10 Å². The average molecular weight is 366 g/mol. The summed E-state index contributed by atoms with van der Waals surface area (Å²) in [6.07, 6.45) is 4.35. The van der Waals surface area contributed by atoms with Crippen LogP contribution >= 0.6 is 11.6 Å². The van der Waals surface area contributed by atoms with Gasteiger partial charge in [0.15, 0.2) is 11.3 Å². The highest BCUT2D eigenvalue weighted by Crippen LogP contribution is 2.29. The van der Waals surface area contributed by atoms with E-state index in [1.54, 1.807) is 15.6 Å². The molecule has 0 saturated carbocycles. The number of halogens is 1. The maximum atomic E-state index is 13.0. The Balaban J connectivity index is 1.51. The van der Waals surface area contributed by atoms with Crippen molar-refractivity contribution in [3.8, 4) is 0 Å². The predicted octanol–water partition coefficient (Wildman–Crippen LogP) is 3.37. The van der Waals surface area contributed by atoms with E-state index in [1.807, 2.05) is 25.3 Å². The lowest BCUT2D eigenvalue weighted by atomic mass is 10.0. The first kappa shape index (κ1) is 15.4. The van der Waals surface area contributed by atoms with Crippen LogP contribution in [0, 0.1) is 6.92 Å². The third kappa shape index (κ3) is 2.22. The highest BCUT2D eigenvalue weighted by molar-refractivity contribution is 6.36. The molecular formula is C19H16ClN5O. The molecule has 4 heterocycles. The number of aromatic nitrogens is 4. The molecule has 26 heavy (non-hydrogen) atoms. The van der Waals surface area contributed by atoms with E-state index in [1.165, 1.54) is 10.9 Å². The van der Waals surface area contributed by atoms with Crippen molar-refractivity contribution < 1.29 is 4.79 Å². The number of carbonyl (C=O) groups excluding carboxylic acids is 1. The molecule has 0 fully saturated rings. The van der Waals surface area contributed by atoms with Crippen molar-refractivity contribution >= 4 is 34.1 Å². The standard InChI is InChI=1S/C19H16ClN5O/c1-11-8-21-18-16(20)17(23-25(18)9-11)19(26)24-7-6-13-12-4-2-3-5-14(12)22-15(13)10-24/h2-5,8-9,22H,6-7,10H2,1H3. The maximum absolute atomic E-state index is 13.0. The lowest BCUT2D eigenvalue weighted by molar-refractivity contribution is 0.0727. The fourth-order valence-corrected chi connectivity index (χ4v) is 3.91. The van der Waals surface area contributed by atoms with Crippen LogP contribution in [0.4, 0.5) is 0 Å². The molecule has 0 atom stereocenters. The number of carbonyl (C=O) groups is 1. The van der Waals surface area contributed by atoms with Gasteiger partial charge in [0.05, 0.1) is 6.54 Å². The number of para-hydroxylation sites is 1. The fourth-order valence-electron chi connectivity index (χ4n) is 3.65. The molecule has 0 aliphatic carbocycles. The Bertz CT molecular complexity index is 1180. The second-order valence-corrected chi connectivity index (χ2v) is 7.04. The molecule has 4 aromatic rings. The first-order chi connectivity index (χ1) is 12.6. The molecule has 3 aromatic heterocycles. The summed E-state index contributed by atoms with van der Waals surface area (Å²) < 4.78 is 1.57. The number of benzene rings is 1. The summed E-state index contributed by atoms with van der Waals surface area (Å²) in [5, 5.41) is 5.91. The minimum atomic E-state index is -0.164. The van der Waals surface area contributed by atoms with E-state index in [0.717, 1.165) is 23.2 Å². The largest absolute Gasteiger partial charge is 0.357 e. The van der Waals surface area contributed by atoms with Crippen LogP contribution in [0.25, 0.3) is 16.6 Å². The number of aromatic amines is 1. The third-order valence-corrected chi connectivity index (χ3v) is 5.27. The molecule has 6 nitrogen and oxygen atoms in total. The van der Waals surface area contributed by atoms with E-state index < -0.39 is 0 Å². The normalized spacial score (nSPS) is 14.2. The van der Waals surface area contributed by atoms with Gasteiger partial charge >= 0.3 is 0 Å². The second kappa shape index (κ2) is 5.57. The van der Waals surface area contributed by atoms with E-state index in [-0.39, 0.29) is 11.6 Å². The quantitative estimate of drug-likeness (QED) is 0.562. The summed E-state index contributed by atoms with van der Waals surface area (Å²) >= 11 is 6.39. The summed E-state index contributed by atoms with van der Waals surface area (Å²) in [7, 11) is 0. The van der Waals surface area contributed by atoms with Crippen LogP contribution in [-0.4, -0.2) is 36.9 Å². The van der Waals surface area contributed by atoms with Gasteiger partial charge in [-0.25, -0.2) is 9.50 Å². The number of nitrogens with one attached hydrogen (secondary N) is 1. The number of hydrogen-bond acceptors (Lipinski definition) is 3. The second-order valence-electron chi connectivity index (χ2n) is 6.67. The van der Waals surface area contributed by atoms with Crippen LogP contribution in [0.15, 0.2) is 36.7 Å². The summed E-state index contributed by atoms with van der Waals surface area (Å²) in [6.45, 7) is 3.09. The molecule has 1 N–H and O–H groups in total. The number of fused-ring (bicyclic) bond motifs is 4. The molecule has 1 aromatic carbocycles. The van der Waals surface area contributed by atoms with E-state index in [0.29, 0.717) is 23.8 Å². The average Bonchev–Trinajstić information content (AvgIpc) is 3.18. The van der Waals surface area contributed by atoms with Crippen molar-refractivity contribution in [2.75, 3.05) is 6.54 Å². The third-order valence-electron chi connectivity index (χ3n) is 4.92. The van der Waals surface area contributed by atoms with Crippen molar-refractivity contribution in [1.29, 1.82) is 0 Å². The highest BCUT2D eigenvalue weighted by Gasteiger charge is 2.28. The Kier molecular flexibility index (Phi) is 3.30. The van der Waals surface area contributed by atoms with E-state index in [2.05, 4.69) is 27.2 Å². The van der Waals surface area contributed by atoms with Crippen LogP contribution in [0.2, 0.25) is 5.02 Å². The zero-order valence-electron chi connectivity index (χ0n) is 14.2. The summed E-state index contributed by atoms with van der Waals surface area (Å²) in [4.78, 5) is 22.5. The molecule has 1 aliphatic rings. The van der Waals surface area contributed by atoms with Crippen LogP contribution in [0.3, 0.4) is 0 Å². The minimum Gasteiger partial charge on any atom is -0.357 e. The summed E-state index contributed by atoms with van der Waals surface area (Å²) in [6, 6.07) is 8.24. The Morgan fingerprint density at radius 3 is 3.04 bits per heavy atom. The zero-order chi connectivity index (χ0) is 17.8. The van der Waals surface area contributed by atoms with Crippen molar-refractivity contribution in [2.24, 2.45) is 0 Å². The van der Waals surface area contributed by atoms with E-state index in [9.17, 15) is 4.79 Å². The summed E-state index contributed by atoms with van der Waals surface area (Å²) in [5.74, 6) is -0.164. The number of H-pyrrole nitrogens is 1. The molecule has 0 spiro atoms. The van der Waals surface area contributed by atoms with Gasteiger partial charge in [0.1, 0.15) is 5.02 Å². The van der Waals surface area contributed by atoms with E-state index in [4.69, 9.17) is 11.6 Å². The monoisotopic (exact) mass is 365 g/mol.